The highest BCUT2D eigenvalue weighted by atomic mass is 32.2. The lowest BCUT2D eigenvalue weighted by molar-refractivity contribution is 0.332. The van der Waals surface area contributed by atoms with E-state index in [0.717, 1.165) is 22.1 Å². The Kier molecular flexibility index (Phi) is 5.08. The van der Waals surface area contributed by atoms with Gasteiger partial charge < -0.3 is 4.57 Å². The summed E-state index contributed by atoms with van der Waals surface area (Å²) in [7, 11) is 0. The fraction of sp³-hybridized carbons (Fsp3) is 0.476. The second-order valence-corrected chi connectivity index (χ2v) is 8.48. The quantitative estimate of drug-likeness (QED) is 0.618. The number of imidazole rings is 1. The van der Waals surface area contributed by atoms with E-state index in [4.69, 9.17) is 4.98 Å². The maximum atomic E-state index is 12.4. The van der Waals surface area contributed by atoms with Crippen molar-refractivity contribution in [2.75, 3.05) is 0 Å². The molecule has 1 fully saturated rings. The molecule has 1 aliphatic rings. The van der Waals surface area contributed by atoms with Crippen molar-refractivity contribution in [2.24, 2.45) is 0 Å². The Morgan fingerprint density at radius 3 is 2.67 bits per heavy atom. The molecule has 3 aromatic rings. The number of thioether (sulfide) groups is 1. The number of pyridine rings is 1. The third kappa shape index (κ3) is 3.68. The Morgan fingerprint density at radius 1 is 1.11 bits per heavy atom. The first-order valence-corrected chi connectivity index (χ1v) is 10.7. The molecule has 0 amide bonds. The van der Waals surface area contributed by atoms with Crippen LogP contribution in [0.5, 0.6) is 0 Å². The van der Waals surface area contributed by atoms with E-state index >= 15 is 0 Å². The average molecular weight is 383 g/mol. The predicted molar refractivity (Wildman–Crippen MR) is 110 cm³/mol. The van der Waals surface area contributed by atoms with Crippen LogP contribution in [0.15, 0.2) is 34.3 Å². The number of rotatable bonds is 4. The SMILES string of the molecule is Cc1ccn2c(=O)cc(CSc3nc(C)c(C)n3C3CCCCC3)nc2c1. The second kappa shape index (κ2) is 7.50. The topological polar surface area (TPSA) is 52.2 Å². The molecule has 0 radical (unpaired) electrons. The minimum atomic E-state index is -0.0291. The molecule has 0 spiro atoms. The van der Waals surface area contributed by atoms with Crippen LogP contribution in [0.2, 0.25) is 0 Å². The Labute approximate surface area is 163 Å². The van der Waals surface area contributed by atoms with Gasteiger partial charge in [-0.3, -0.25) is 9.20 Å². The van der Waals surface area contributed by atoms with E-state index in [0.29, 0.717) is 17.4 Å². The van der Waals surface area contributed by atoms with E-state index in [1.807, 2.05) is 19.1 Å². The molecule has 27 heavy (non-hydrogen) atoms. The van der Waals surface area contributed by atoms with Gasteiger partial charge in [0.05, 0.1) is 11.4 Å². The van der Waals surface area contributed by atoms with E-state index in [-0.39, 0.29) is 5.56 Å². The average Bonchev–Trinajstić information content (AvgIpc) is 2.94. The molecule has 0 N–H and O–H groups in total. The zero-order chi connectivity index (χ0) is 19.0. The third-order valence-electron chi connectivity index (χ3n) is 5.52. The fourth-order valence-corrected chi connectivity index (χ4v) is 4.98. The van der Waals surface area contributed by atoms with Crippen molar-refractivity contribution < 1.29 is 0 Å². The molecule has 3 heterocycles. The molecule has 0 unspecified atom stereocenters. The first-order valence-electron chi connectivity index (χ1n) is 9.70. The number of hydrogen-bond donors (Lipinski definition) is 0. The minimum Gasteiger partial charge on any atom is -0.320 e. The highest BCUT2D eigenvalue weighted by molar-refractivity contribution is 7.98. The van der Waals surface area contributed by atoms with Gasteiger partial charge in [0.1, 0.15) is 5.65 Å². The lowest BCUT2D eigenvalue weighted by Gasteiger charge is -2.26. The molecule has 5 nitrogen and oxygen atoms in total. The summed E-state index contributed by atoms with van der Waals surface area (Å²) in [5.41, 5.74) is 4.96. The largest absolute Gasteiger partial charge is 0.320 e. The Balaban J connectivity index is 1.61. The standard InChI is InChI=1S/C21H26N4OS/c1-14-9-10-24-19(11-14)23-17(12-20(24)26)13-27-21-22-15(2)16(3)25(21)18-7-5-4-6-8-18/h9-12,18H,4-8,13H2,1-3H3. The van der Waals surface area contributed by atoms with Gasteiger partial charge in [-0.05, 0) is 51.3 Å². The lowest BCUT2D eigenvalue weighted by atomic mass is 9.95. The summed E-state index contributed by atoms with van der Waals surface area (Å²) < 4.78 is 4.02. The van der Waals surface area contributed by atoms with Crippen LogP contribution in [0.25, 0.3) is 5.65 Å². The predicted octanol–water partition coefficient (Wildman–Crippen LogP) is 4.61. The van der Waals surface area contributed by atoms with Gasteiger partial charge >= 0.3 is 0 Å². The lowest BCUT2D eigenvalue weighted by Crippen LogP contribution is -2.16. The van der Waals surface area contributed by atoms with Crippen molar-refractivity contribution in [1.82, 2.24) is 18.9 Å². The van der Waals surface area contributed by atoms with Crippen molar-refractivity contribution in [3.05, 3.63) is 57.4 Å². The van der Waals surface area contributed by atoms with Gasteiger partial charge in [-0.2, -0.15) is 0 Å². The Hall–Kier alpha value is -2.08. The van der Waals surface area contributed by atoms with Crippen LogP contribution in [0.4, 0.5) is 0 Å². The number of aromatic nitrogens is 4. The molecule has 0 saturated heterocycles. The highest BCUT2D eigenvalue weighted by Gasteiger charge is 2.22. The summed E-state index contributed by atoms with van der Waals surface area (Å²) >= 11 is 1.69. The second-order valence-electron chi connectivity index (χ2n) is 7.53. The van der Waals surface area contributed by atoms with Gasteiger partial charge in [0.15, 0.2) is 5.16 Å². The summed E-state index contributed by atoms with van der Waals surface area (Å²) in [6, 6.07) is 6.08. The van der Waals surface area contributed by atoms with Gasteiger partial charge in [0.2, 0.25) is 0 Å². The van der Waals surface area contributed by atoms with Crippen LogP contribution in [-0.2, 0) is 5.75 Å². The van der Waals surface area contributed by atoms with E-state index in [9.17, 15) is 4.79 Å². The van der Waals surface area contributed by atoms with E-state index in [1.165, 1.54) is 37.8 Å². The smallest absolute Gasteiger partial charge is 0.258 e. The molecular formula is C21H26N4OS. The highest BCUT2D eigenvalue weighted by Crippen LogP contribution is 2.34. The third-order valence-corrected chi connectivity index (χ3v) is 6.51. The molecule has 0 aliphatic heterocycles. The van der Waals surface area contributed by atoms with Crippen LogP contribution in [0.3, 0.4) is 0 Å². The number of nitrogens with zero attached hydrogens (tertiary/aromatic N) is 4. The monoisotopic (exact) mass is 382 g/mol. The van der Waals surface area contributed by atoms with Crippen molar-refractivity contribution in [3.63, 3.8) is 0 Å². The normalized spacial score (nSPS) is 15.5. The molecule has 1 aliphatic carbocycles. The van der Waals surface area contributed by atoms with Gasteiger partial charge in [0.25, 0.3) is 5.56 Å². The summed E-state index contributed by atoms with van der Waals surface area (Å²) in [5, 5.41) is 1.06. The first-order chi connectivity index (χ1) is 13.0. The summed E-state index contributed by atoms with van der Waals surface area (Å²) in [4.78, 5) is 21.9. The van der Waals surface area contributed by atoms with E-state index < -0.39 is 0 Å². The first kappa shape index (κ1) is 18.3. The fourth-order valence-electron chi connectivity index (χ4n) is 3.93. The summed E-state index contributed by atoms with van der Waals surface area (Å²) in [6.45, 7) is 6.27. The molecule has 4 rings (SSSR count). The molecule has 0 bridgehead atoms. The van der Waals surface area contributed by atoms with Gasteiger partial charge in [-0.25, -0.2) is 9.97 Å². The van der Waals surface area contributed by atoms with E-state index in [1.54, 1.807) is 28.4 Å². The zero-order valence-corrected chi connectivity index (χ0v) is 17.1. The minimum absolute atomic E-state index is 0.0291. The molecular weight excluding hydrogens is 356 g/mol. The molecule has 142 valence electrons. The number of aryl methyl sites for hydroxylation is 2. The van der Waals surface area contributed by atoms with Crippen LogP contribution < -0.4 is 5.56 Å². The molecule has 1 saturated carbocycles. The zero-order valence-electron chi connectivity index (χ0n) is 16.2. The molecule has 0 atom stereocenters. The Bertz CT molecular complexity index is 1030. The maximum Gasteiger partial charge on any atom is 0.258 e. The van der Waals surface area contributed by atoms with Crippen LogP contribution in [-0.4, -0.2) is 18.9 Å². The Morgan fingerprint density at radius 2 is 1.89 bits per heavy atom. The van der Waals surface area contributed by atoms with Crippen molar-refractivity contribution in [1.29, 1.82) is 0 Å². The molecule has 0 aromatic carbocycles. The van der Waals surface area contributed by atoms with Crippen LogP contribution in [0, 0.1) is 20.8 Å². The van der Waals surface area contributed by atoms with Gasteiger partial charge in [-0.15, -0.1) is 0 Å². The number of hydrogen-bond acceptors (Lipinski definition) is 4. The van der Waals surface area contributed by atoms with Crippen LogP contribution >= 0.6 is 11.8 Å². The maximum absolute atomic E-state index is 12.4. The van der Waals surface area contributed by atoms with Crippen molar-refractivity contribution >= 4 is 17.4 Å². The van der Waals surface area contributed by atoms with Crippen molar-refractivity contribution in [3.8, 4) is 0 Å². The van der Waals surface area contributed by atoms with Gasteiger partial charge in [-0.1, -0.05) is 31.0 Å². The van der Waals surface area contributed by atoms with Crippen LogP contribution in [0.1, 0.15) is 60.8 Å². The molecule has 6 heteroatoms. The summed E-state index contributed by atoms with van der Waals surface area (Å²) in [6.07, 6.45) is 8.20. The number of fused-ring (bicyclic) bond motifs is 1. The van der Waals surface area contributed by atoms with Crippen molar-refractivity contribution in [2.45, 2.75) is 69.8 Å². The summed E-state index contributed by atoms with van der Waals surface area (Å²) in [5.74, 6) is 0.655. The van der Waals surface area contributed by atoms with E-state index in [2.05, 4.69) is 23.4 Å². The van der Waals surface area contributed by atoms with Gasteiger partial charge in [0, 0.05) is 29.8 Å². The molecule has 3 aromatic heterocycles.